The largest absolute Gasteiger partial charge is 0.192 e. The normalized spacial score (nSPS) is 11.9. The first-order valence-electron chi connectivity index (χ1n) is 8.08. The first-order valence-corrected chi connectivity index (χ1v) is 8.08. The Hall–Kier alpha value is -3.40. The fraction of sp³-hybridized carbons (Fsp3) is 0.0476. The monoisotopic (exact) mass is 324 g/mol. The Balaban J connectivity index is 1.83. The standard InChI is InChI=1S/C21H16N4/c1-22-23-20-13-14-21(18-11-5-4-10-17(18)20)25-24-19-12-6-8-15-7-2-3-9-16(15)19/h2-14H,1H3/b23-22+,25-24+. The summed E-state index contributed by atoms with van der Waals surface area (Å²) in [4.78, 5) is 0. The Morgan fingerprint density at radius 1 is 0.480 bits per heavy atom. The van der Waals surface area contributed by atoms with Crippen molar-refractivity contribution < 1.29 is 0 Å². The van der Waals surface area contributed by atoms with Gasteiger partial charge in [0.25, 0.3) is 0 Å². The highest BCUT2D eigenvalue weighted by Crippen LogP contribution is 2.35. The highest BCUT2D eigenvalue weighted by Gasteiger charge is 2.05. The molecule has 4 nitrogen and oxygen atoms in total. The van der Waals surface area contributed by atoms with Crippen LogP contribution in [0.1, 0.15) is 0 Å². The molecular weight excluding hydrogens is 308 g/mol. The SMILES string of the molecule is C/N=N/c1ccc(/N=N/c2cccc3ccccc23)c2ccccc12. The van der Waals surface area contributed by atoms with Crippen molar-refractivity contribution in [3.63, 3.8) is 0 Å². The van der Waals surface area contributed by atoms with Crippen LogP contribution in [-0.2, 0) is 0 Å². The number of hydrogen-bond acceptors (Lipinski definition) is 4. The first-order chi connectivity index (χ1) is 12.4. The highest BCUT2D eigenvalue weighted by molar-refractivity contribution is 5.99. The zero-order chi connectivity index (χ0) is 17.1. The van der Waals surface area contributed by atoms with Gasteiger partial charge in [-0.3, -0.25) is 0 Å². The van der Waals surface area contributed by atoms with E-state index in [4.69, 9.17) is 0 Å². The number of hydrogen-bond donors (Lipinski definition) is 0. The summed E-state index contributed by atoms with van der Waals surface area (Å²) >= 11 is 0. The lowest BCUT2D eigenvalue weighted by Crippen LogP contribution is -1.76. The average Bonchev–Trinajstić information content (AvgIpc) is 2.67. The summed E-state index contributed by atoms with van der Waals surface area (Å²) in [5.41, 5.74) is 2.51. The van der Waals surface area contributed by atoms with Crippen LogP contribution in [0.5, 0.6) is 0 Å². The summed E-state index contributed by atoms with van der Waals surface area (Å²) in [6.07, 6.45) is 0. The fourth-order valence-electron chi connectivity index (χ4n) is 2.95. The number of nitrogens with zero attached hydrogens (tertiary/aromatic N) is 4. The average molecular weight is 324 g/mol. The maximum Gasteiger partial charge on any atom is 0.0936 e. The smallest absolute Gasteiger partial charge is 0.0936 e. The van der Waals surface area contributed by atoms with E-state index in [1.165, 1.54) is 0 Å². The molecule has 0 saturated heterocycles. The van der Waals surface area contributed by atoms with E-state index in [1.807, 2.05) is 60.7 Å². The summed E-state index contributed by atoms with van der Waals surface area (Å²) in [7, 11) is 1.67. The van der Waals surface area contributed by atoms with E-state index in [1.54, 1.807) is 7.05 Å². The Bertz CT molecular complexity index is 1110. The van der Waals surface area contributed by atoms with E-state index >= 15 is 0 Å². The van der Waals surface area contributed by atoms with Gasteiger partial charge in [-0.25, -0.2) is 0 Å². The Morgan fingerprint density at radius 2 is 1.00 bits per heavy atom. The molecule has 4 heteroatoms. The van der Waals surface area contributed by atoms with Crippen LogP contribution in [0.15, 0.2) is 99.3 Å². The lowest BCUT2D eigenvalue weighted by molar-refractivity contribution is 1.17. The summed E-state index contributed by atoms with van der Waals surface area (Å²) in [5, 5.41) is 21.4. The second-order valence-corrected chi connectivity index (χ2v) is 5.65. The third kappa shape index (κ3) is 2.90. The molecule has 0 fully saturated rings. The molecule has 0 aliphatic carbocycles. The van der Waals surface area contributed by atoms with Crippen LogP contribution in [0.25, 0.3) is 21.5 Å². The molecule has 120 valence electrons. The molecule has 0 spiro atoms. The molecule has 0 amide bonds. The van der Waals surface area contributed by atoms with Crippen molar-refractivity contribution in [2.45, 2.75) is 0 Å². The molecule has 0 radical (unpaired) electrons. The van der Waals surface area contributed by atoms with Crippen LogP contribution in [0.3, 0.4) is 0 Å². The molecular formula is C21H16N4. The van der Waals surface area contributed by atoms with Crippen molar-refractivity contribution in [3.8, 4) is 0 Å². The maximum absolute atomic E-state index is 4.51. The van der Waals surface area contributed by atoms with Crippen molar-refractivity contribution >= 4 is 38.6 Å². The lowest BCUT2D eigenvalue weighted by Gasteiger charge is -2.04. The van der Waals surface area contributed by atoms with Gasteiger partial charge in [0.15, 0.2) is 0 Å². The lowest BCUT2D eigenvalue weighted by atomic mass is 10.1. The summed E-state index contributed by atoms with van der Waals surface area (Å²) in [6.45, 7) is 0. The molecule has 0 saturated carbocycles. The van der Waals surface area contributed by atoms with Crippen molar-refractivity contribution in [2.75, 3.05) is 7.05 Å². The highest BCUT2D eigenvalue weighted by atomic mass is 15.1. The van der Waals surface area contributed by atoms with Crippen molar-refractivity contribution in [3.05, 3.63) is 78.9 Å². The minimum Gasteiger partial charge on any atom is -0.192 e. The molecule has 0 heterocycles. The van der Waals surface area contributed by atoms with Crippen LogP contribution in [0.2, 0.25) is 0 Å². The van der Waals surface area contributed by atoms with Gasteiger partial charge >= 0.3 is 0 Å². The van der Waals surface area contributed by atoms with Crippen molar-refractivity contribution in [1.82, 2.24) is 0 Å². The third-order valence-electron chi connectivity index (χ3n) is 4.12. The van der Waals surface area contributed by atoms with Gasteiger partial charge in [-0.1, -0.05) is 60.7 Å². The second-order valence-electron chi connectivity index (χ2n) is 5.65. The molecule has 0 aliphatic rings. The van der Waals surface area contributed by atoms with E-state index in [9.17, 15) is 0 Å². The zero-order valence-electron chi connectivity index (χ0n) is 13.8. The summed E-state index contributed by atoms with van der Waals surface area (Å²) in [5.74, 6) is 0. The van der Waals surface area contributed by atoms with E-state index in [0.717, 1.165) is 38.6 Å². The quantitative estimate of drug-likeness (QED) is 0.360. The van der Waals surface area contributed by atoms with Crippen LogP contribution in [0.4, 0.5) is 17.1 Å². The molecule has 0 unspecified atom stereocenters. The van der Waals surface area contributed by atoms with Gasteiger partial charge in [0.2, 0.25) is 0 Å². The predicted molar refractivity (Wildman–Crippen MR) is 103 cm³/mol. The van der Waals surface area contributed by atoms with E-state index in [2.05, 4.69) is 38.7 Å². The minimum atomic E-state index is 0.818. The predicted octanol–water partition coefficient (Wildman–Crippen LogP) is 7.12. The van der Waals surface area contributed by atoms with Gasteiger partial charge in [0.1, 0.15) is 0 Å². The summed E-state index contributed by atoms with van der Waals surface area (Å²) < 4.78 is 0. The third-order valence-corrected chi connectivity index (χ3v) is 4.12. The van der Waals surface area contributed by atoms with Gasteiger partial charge < -0.3 is 0 Å². The van der Waals surface area contributed by atoms with Crippen molar-refractivity contribution in [1.29, 1.82) is 0 Å². The van der Waals surface area contributed by atoms with E-state index in [0.29, 0.717) is 0 Å². The molecule has 4 aromatic carbocycles. The Morgan fingerprint density at radius 3 is 1.68 bits per heavy atom. The molecule has 0 bridgehead atoms. The van der Waals surface area contributed by atoms with Crippen LogP contribution < -0.4 is 0 Å². The van der Waals surface area contributed by atoms with Crippen LogP contribution in [0, 0.1) is 0 Å². The Kier molecular flexibility index (Phi) is 4.01. The molecule has 0 aromatic heterocycles. The number of benzene rings is 4. The fourth-order valence-corrected chi connectivity index (χ4v) is 2.95. The number of azo groups is 2. The van der Waals surface area contributed by atoms with Gasteiger partial charge in [0.05, 0.1) is 17.1 Å². The molecule has 0 atom stereocenters. The topological polar surface area (TPSA) is 49.4 Å². The van der Waals surface area contributed by atoms with Gasteiger partial charge in [-0.2, -0.15) is 10.2 Å². The molecule has 4 rings (SSSR count). The van der Waals surface area contributed by atoms with Crippen LogP contribution >= 0.6 is 0 Å². The molecule has 4 aromatic rings. The summed E-state index contributed by atoms with van der Waals surface area (Å²) in [6, 6.07) is 26.1. The Labute approximate surface area is 145 Å². The van der Waals surface area contributed by atoms with E-state index < -0.39 is 0 Å². The van der Waals surface area contributed by atoms with Crippen molar-refractivity contribution in [2.24, 2.45) is 20.5 Å². The zero-order valence-corrected chi connectivity index (χ0v) is 13.8. The maximum atomic E-state index is 4.51. The molecule has 0 N–H and O–H groups in total. The number of fused-ring (bicyclic) bond motifs is 2. The second kappa shape index (κ2) is 6.61. The van der Waals surface area contributed by atoms with Gasteiger partial charge in [-0.15, -0.1) is 10.2 Å². The van der Waals surface area contributed by atoms with Gasteiger partial charge in [0, 0.05) is 23.2 Å². The first kappa shape index (κ1) is 15.1. The number of rotatable bonds is 3. The molecule has 25 heavy (non-hydrogen) atoms. The van der Waals surface area contributed by atoms with Gasteiger partial charge in [-0.05, 0) is 23.6 Å². The molecule has 0 aliphatic heterocycles. The van der Waals surface area contributed by atoms with Crippen LogP contribution in [-0.4, -0.2) is 7.05 Å². The minimum absolute atomic E-state index is 0.818. The van der Waals surface area contributed by atoms with E-state index in [-0.39, 0.29) is 0 Å².